The second-order valence-electron chi connectivity index (χ2n) is 8.38. The number of nitrogens with one attached hydrogen (secondary N) is 1. The Morgan fingerprint density at radius 1 is 1.06 bits per heavy atom. The number of amides is 3. The van der Waals surface area contributed by atoms with Gasteiger partial charge in [0.25, 0.3) is 0 Å². The van der Waals surface area contributed by atoms with Crippen LogP contribution >= 0.6 is 11.6 Å². The second-order valence-corrected chi connectivity index (χ2v) is 8.81. The summed E-state index contributed by atoms with van der Waals surface area (Å²) in [5.41, 5.74) is 0.971. The van der Waals surface area contributed by atoms with Crippen molar-refractivity contribution in [2.24, 2.45) is 23.7 Å². The molecule has 1 heterocycles. The summed E-state index contributed by atoms with van der Waals surface area (Å²) >= 11 is 5.89. The van der Waals surface area contributed by atoms with Gasteiger partial charge in [0, 0.05) is 10.7 Å². The molecule has 2 fully saturated rings. The molecule has 158 valence electrons. The van der Waals surface area contributed by atoms with Crippen molar-refractivity contribution in [3.8, 4) is 0 Å². The number of imide groups is 1. The van der Waals surface area contributed by atoms with Gasteiger partial charge in [0.1, 0.15) is 5.82 Å². The van der Waals surface area contributed by atoms with Crippen molar-refractivity contribution in [3.63, 3.8) is 0 Å². The molecule has 2 bridgehead atoms. The fraction of sp³-hybridized carbons (Fsp3) is 0.292. The van der Waals surface area contributed by atoms with Crippen LogP contribution in [-0.4, -0.2) is 22.6 Å². The molecule has 1 N–H and O–H groups in total. The first kappa shape index (κ1) is 19.9. The van der Waals surface area contributed by atoms with E-state index in [2.05, 4.69) is 5.32 Å². The average Bonchev–Trinajstić information content (AvgIpc) is 3.42. The minimum absolute atomic E-state index is 0.0625. The number of benzene rings is 2. The Morgan fingerprint density at radius 3 is 2.32 bits per heavy atom. The molecule has 5 unspecified atom stereocenters. The molecule has 5 rings (SSSR count). The Morgan fingerprint density at radius 2 is 1.71 bits per heavy atom. The summed E-state index contributed by atoms with van der Waals surface area (Å²) < 4.78 is 14.0. The summed E-state index contributed by atoms with van der Waals surface area (Å²) in [5.74, 6) is -2.02. The summed E-state index contributed by atoms with van der Waals surface area (Å²) in [5, 5.41) is 3.30. The molecule has 1 saturated carbocycles. The van der Waals surface area contributed by atoms with E-state index < -0.39 is 11.9 Å². The highest BCUT2D eigenvalue weighted by Crippen LogP contribution is 2.54. The molecule has 3 amide bonds. The zero-order valence-electron chi connectivity index (χ0n) is 16.5. The number of nitrogens with zero attached hydrogens (tertiary/aromatic N) is 1. The van der Waals surface area contributed by atoms with E-state index in [9.17, 15) is 18.8 Å². The maximum Gasteiger partial charge on any atom is 0.234 e. The number of likely N-dealkylation sites (tertiary alicyclic amines) is 1. The molecular weight excluding hydrogens is 419 g/mol. The lowest BCUT2D eigenvalue weighted by Crippen LogP contribution is -2.38. The average molecular weight is 439 g/mol. The largest absolute Gasteiger partial charge is 0.326 e. The molecule has 0 radical (unpaired) electrons. The minimum atomic E-state index is -0.868. The van der Waals surface area contributed by atoms with Crippen molar-refractivity contribution in [2.75, 3.05) is 5.32 Å². The SMILES string of the molecule is O=C(CC(c1cccc(F)c1)N1C(=O)C2C3C=CC(C3)C2C1=O)Nc1ccc(Cl)cc1. The molecule has 0 spiro atoms. The van der Waals surface area contributed by atoms with Crippen LogP contribution in [0.5, 0.6) is 0 Å². The van der Waals surface area contributed by atoms with Gasteiger partial charge in [-0.2, -0.15) is 0 Å². The fourth-order valence-corrected chi connectivity index (χ4v) is 5.35. The monoisotopic (exact) mass is 438 g/mol. The molecule has 1 saturated heterocycles. The van der Waals surface area contributed by atoms with Crippen molar-refractivity contribution in [1.29, 1.82) is 0 Å². The van der Waals surface area contributed by atoms with Crippen LogP contribution in [0.4, 0.5) is 10.1 Å². The van der Waals surface area contributed by atoms with E-state index in [0.717, 1.165) is 6.42 Å². The first-order chi connectivity index (χ1) is 14.9. The van der Waals surface area contributed by atoms with Crippen LogP contribution < -0.4 is 5.32 Å². The zero-order valence-corrected chi connectivity index (χ0v) is 17.3. The number of fused-ring (bicyclic) bond motifs is 5. The van der Waals surface area contributed by atoms with Crippen molar-refractivity contribution in [3.05, 3.63) is 77.1 Å². The van der Waals surface area contributed by atoms with E-state index >= 15 is 0 Å². The van der Waals surface area contributed by atoms with Gasteiger partial charge < -0.3 is 5.32 Å². The Kier molecular flexibility index (Phi) is 4.89. The molecule has 7 heteroatoms. The maximum absolute atomic E-state index is 14.0. The van der Waals surface area contributed by atoms with Crippen molar-refractivity contribution >= 4 is 35.0 Å². The summed E-state index contributed by atoms with van der Waals surface area (Å²) in [6, 6.07) is 11.5. The number of carbonyl (C=O) groups is 3. The van der Waals surface area contributed by atoms with E-state index in [1.54, 1.807) is 30.3 Å². The molecule has 2 aromatic rings. The molecule has 0 aromatic heterocycles. The summed E-state index contributed by atoms with van der Waals surface area (Å²) in [4.78, 5) is 40.6. The van der Waals surface area contributed by atoms with E-state index in [4.69, 9.17) is 11.6 Å². The Hall–Kier alpha value is -2.99. The predicted octanol–water partition coefficient (Wildman–Crippen LogP) is 4.36. The predicted molar refractivity (Wildman–Crippen MR) is 113 cm³/mol. The van der Waals surface area contributed by atoms with Crippen LogP contribution in [0.2, 0.25) is 5.02 Å². The van der Waals surface area contributed by atoms with E-state index in [1.165, 1.54) is 23.1 Å². The van der Waals surface area contributed by atoms with Crippen molar-refractivity contribution in [2.45, 2.75) is 18.9 Å². The van der Waals surface area contributed by atoms with Gasteiger partial charge in [0.2, 0.25) is 17.7 Å². The number of rotatable bonds is 5. The van der Waals surface area contributed by atoms with Gasteiger partial charge in [-0.05, 0) is 60.2 Å². The first-order valence-electron chi connectivity index (χ1n) is 10.3. The number of allylic oxidation sites excluding steroid dienone is 2. The van der Waals surface area contributed by atoms with Gasteiger partial charge in [-0.15, -0.1) is 0 Å². The molecule has 1 aliphatic heterocycles. The van der Waals surface area contributed by atoms with Crippen LogP contribution in [0.25, 0.3) is 0 Å². The molecule has 2 aromatic carbocycles. The fourth-order valence-electron chi connectivity index (χ4n) is 5.23. The molecule has 5 nitrogen and oxygen atoms in total. The van der Waals surface area contributed by atoms with Gasteiger partial charge >= 0.3 is 0 Å². The quantitative estimate of drug-likeness (QED) is 0.557. The Bertz CT molecular complexity index is 1070. The van der Waals surface area contributed by atoms with Crippen LogP contribution in [0.15, 0.2) is 60.7 Å². The van der Waals surface area contributed by atoms with E-state index in [0.29, 0.717) is 16.3 Å². The van der Waals surface area contributed by atoms with Crippen LogP contribution in [0, 0.1) is 29.5 Å². The van der Waals surface area contributed by atoms with E-state index in [-0.39, 0.29) is 47.8 Å². The smallest absolute Gasteiger partial charge is 0.234 e. The normalized spacial score (nSPS) is 27.0. The van der Waals surface area contributed by atoms with Gasteiger partial charge in [0.05, 0.1) is 24.3 Å². The summed E-state index contributed by atoms with van der Waals surface area (Å²) in [6.45, 7) is 0. The topological polar surface area (TPSA) is 66.5 Å². The molecule has 3 aliphatic rings. The maximum atomic E-state index is 14.0. The van der Waals surface area contributed by atoms with Crippen LogP contribution in [0.1, 0.15) is 24.4 Å². The van der Waals surface area contributed by atoms with Gasteiger partial charge in [0.15, 0.2) is 0 Å². The minimum Gasteiger partial charge on any atom is -0.326 e. The zero-order chi connectivity index (χ0) is 21.7. The van der Waals surface area contributed by atoms with Gasteiger partial charge in [-0.1, -0.05) is 35.9 Å². The Balaban J connectivity index is 1.44. The highest BCUT2D eigenvalue weighted by atomic mass is 35.5. The highest BCUT2D eigenvalue weighted by Gasteiger charge is 2.60. The Labute approximate surface area is 183 Å². The molecular formula is C24H20ClFN2O3. The molecule has 5 atom stereocenters. The third kappa shape index (κ3) is 3.45. The second kappa shape index (κ2) is 7.61. The standard InChI is InChI=1S/C24H20ClFN2O3/c25-16-6-8-18(9-7-16)27-20(29)12-19(13-2-1-3-17(26)11-13)28-23(30)21-14-4-5-15(10-14)22(21)24(28)31/h1-9,11,14-15,19,21-22H,10,12H2,(H,27,29). The van der Waals surface area contributed by atoms with Gasteiger partial charge in [-0.25, -0.2) is 4.39 Å². The first-order valence-corrected chi connectivity index (χ1v) is 10.7. The number of hydrogen-bond acceptors (Lipinski definition) is 3. The summed E-state index contributed by atoms with van der Waals surface area (Å²) in [7, 11) is 0. The van der Waals surface area contributed by atoms with Crippen molar-refractivity contribution < 1.29 is 18.8 Å². The van der Waals surface area contributed by atoms with Crippen LogP contribution in [-0.2, 0) is 14.4 Å². The van der Waals surface area contributed by atoms with Crippen molar-refractivity contribution in [1.82, 2.24) is 4.90 Å². The lowest BCUT2D eigenvalue weighted by Gasteiger charge is -2.28. The number of halogens is 2. The number of carbonyl (C=O) groups excluding carboxylic acids is 3. The van der Waals surface area contributed by atoms with Crippen LogP contribution in [0.3, 0.4) is 0 Å². The number of anilines is 1. The molecule has 2 aliphatic carbocycles. The lowest BCUT2D eigenvalue weighted by atomic mass is 9.85. The highest BCUT2D eigenvalue weighted by molar-refractivity contribution is 6.30. The lowest BCUT2D eigenvalue weighted by molar-refractivity contribution is -0.144. The third-order valence-electron chi connectivity index (χ3n) is 6.56. The van der Waals surface area contributed by atoms with E-state index in [1.807, 2.05) is 12.2 Å². The third-order valence-corrected chi connectivity index (χ3v) is 6.81. The van der Waals surface area contributed by atoms with Gasteiger partial charge in [-0.3, -0.25) is 19.3 Å². The summed E-state index contributed by atoms with van der Waals surface area (Å²) in [6.07, 6.45) is 4.70. The number of hydrogen-bond donors (Lipinski definition) is 1. The molecule has 31 heavy (non-hydrogen) atoms.